The summed E-state index contributed by atoms with van der Waals surface area (Å²) in [4.78, 5) is 14.6. The number of benzene rings is 2. The van der Waals surface area contributed by atoms with Gasteiger partial charge in [-0.05, 0) is 93.8 Å². The van der Waals surface area contributed by atoms with Gasteiger partial charge in [0, 0.05) is 10.9 Å². The van der Waals surface area contributed by atoms with Crippen LogP contribution in [-0.2, 0) is 17.8 Å². The van der Waals surface area contributed by atoms with Crippen molar-refractivity contribution in [3.05, 3.63) is 76.1 Å². The van der Waals surface area contributed by atoms with E-state index in [-0.39, 0.29) is 17.8 Å². The largest absolute Gasteiger partial charge is 0.444 e. The average Bonchev–Trinajstić information content (AvgIpc) is 3.14. The van der Waals surface area contributed by atoms with Crippen molar-refractivity contribution in [3.8, 4) is 5.69 Å². The minimum atomic E-state index is -0.595. The van der Waals surface area contributed by atoms with Crippen molar-refractivity contribution < 1.29 is 13.9 Å². The van der Waals surface area contributed by atoms with Gasteiger partial charge in [0.25, 0.3) is 0 Å². The maximum atomic E-state index is 13.3. The molecule has 0 unspecified atom stereocenters. The molecule has 2 aromatic carbocycles. The summed E-state index contributed by atoms with van der Waals surface area (Å²) in [6, 6.07) is 12.6. The maximum absolute atomic E-state index is 13.3. The number of carbonyl (C=O) groups excluding carboxylic acids is 1. The first-order valence-electron chi connectivity index (χ1n) is 12.1. The molecule has 2 aliphatic rings. The van der Waals surface area contributed by atoms with Crippen LogP contribution in [0.25, 0.3) is 5.69 Å². The van der Waals surface area contributed by atoms with E-state index in [9.17, 15) is 9.18 Å². The molecule has 8 heteroatoms. The van der Waals surface area contributed by atoms with Crippen molar-refractivity contribution in [2.45, 2.75) is 77.0 Å². The highest BCUT2D eigenvalue weighted by atomic mass is 35.5. The van der Waals surface area contributed by atoms with Crippen LogP contribution in [0.1, 0.15) is 81.1 Å². The molecule has 5 rings (SSSR count). The number of nitrogens with zero attached hydrogens (tertiary/aromatic N) is 4. The molecule has 0 spiro atoms. The Bertz CT molecular complexity index is 1230. The quantitative estimate of drug-likeness (QED) is 0.393. The lowest BCUT2D eigenvalue weighted by Gasteiger charge is -2.28. The summed E-state index contributed by atoms with van der Waals surface area (Å²) in [6.07, 6.45) is 3.57. The molecule has 184 valence electrons. The standard InChI is InChI=1S/C27H30ClFN4O2/c1-27(2,3)35-26(34)32-15-20-14-21(28)10-13-23(20)33-24(16-32)30-31-25(33)19-6-4-17(5-7-19)18-8-11-22(29)12-9-18/h8-14,17,19H,4-7,15-16H2,1-3H3/t17-,19-. The predicted octanol–water partition coefficient (Wildman–Crippen LogP) is 6.75. The summed E-state index contributed by atoms with van der Waals surface area (Å²) in [5.41, 5.74) is 2.49. The molecular formula is C27H30ClFN4O2. The molecule has 1 aliphatic carbocycles. The van der Waals surface area contributed by atoms with E-state index in [2.05, 4.69) is 14.8 Å². The van der Waals surface area contributed by atoms with Crippen LogP contribution in [0.4, 0.5) is 9.18 Å². The minimum absolute atomic E-state index is 0.201. The first kappa shape index (κ1) is 23.8. The Morgan fingerprint density at radius 3 is 2.37 bits per heavy atom. The molecule has 35 heavy (non-hydrogen) atoms. The van der Waals surface area contributed by atoms with E-state index >= 15 is 0 Å². The molecule has 1 saturated carbocycles. The third kappa shape index (κ3) is 5.06. The van der Waals surface area contributed by atoms with E-state index in [1.165, 1.54) is 17.7 Å². The Hall–Kier alpha value is -2.93. The number of halogens is 2. The van der Waals surface area contributed by atoms with Crippen LogP contribution >= 0.6 is 11.6 Å². The molecule has 1 aliphatic heterocycles. The fourth-order valence-electron chi connectivity index (χ4n) is 5.17. The Balaban J connectivity index is 1.43. The molecule has 2 heterocycles. The molecule has 6 nitrogen and oxygen atoms in total. The lowest BCUT2D eigenvalue weighted by molar-refractivity contribution is 0.0214. The molecule has 3 aromatic rings. The highest BCUT2D eigenvalue weighted by molar-refractivity contribution is 6.30. The van der Waals surface area contributed by atoms with Gasteiger partial charge in [0.15, 0.2) is 5.82 Å². The van der Waals surface area contributed by atoms with Crippen molar-refractivity contribution in [1.82, 2.24) is 19.7 Å². The van der Waals surface area contributed by atoms with Gasteiger partial charge < -0.3 is 4.74 Å². The van der Waals surface area contributed by atoms with Gasteiger partial charge in [0.05, 0.1) is 18.8 Å². The van der Waals surface area contributed by atoms with Crippen LogP contribution < -0.4 is 0 Å². The lowest BCUT2D eigenvalue weighted by atomic mass is 9.78. The number of carbonyl (C=O) groups is 1. The number of fused-ring (bicyclic) bond motifs is 3. The first-order chi connectivity index (χ1) is 16.7. The fourth-order valence-corrected chi connectivity index (χ4v) is 5.36. The molecular weight excluding hydrogens is 467 g/mol. The van der Waals surface area contributed by atoms with Crippen LogP contribution in [0, 0.1) is 5.82 Å². The SMILES string of the molecule is CC(C)(C)OC(=O)N1Cc2cc(Cl)ccc2-n2c(nnc2[C@H]2CC[C@H](c3ccc(F)cc3)CC2)C1. The number of hydrogen-bond acceptors (Lipinski definition) is 4. The zero-order valence-corrected chi connectivity index (χ0v) is 21.1. The Labute approximate surface area is 210 Å². The van der Waals surface area contributed by atoms with Gasteiger partial charge in [-0.15, -0.1) is 10.2 Å². The Kier molecular flexibility index (Phi) is 6.30. The molecule has 1 aromatic heterocycles. The van der Waals surface area contributed by atoms with Crippen molar-refractivity contribution in [3.63, 3.8) is 0 Å². The van der Waals surface area contributed by atoms with Gasteiger partial charge in [-0.25, -0.2) is 9.18 Å². The third-order valence-electron chi connectivity index (χ3n) is 6.82. The van der Waals surface area contributed by atoms with Crippen molar-refractivity contribution in [2.24, 2.45) is 0 Å². The van der Waals surface area contributed by atoms with Crippen LogP contribution in [-0.4, -0.2) is 31.4 Å². The topological polar surface area (TPSA) is 60.2 Å². The summed E-state index contributed by atoms with van der Waals surface area (Å²) in [6.45, 7) is 6.26. The normalized spacial score (nSPS) is 20.1. The summed E-state index contributed by atoms with van der Waals surface area (Å²) < 4.78 is 21.1. The van der Waals surface area contributed by atoms with Crippen LogP contribution in [0.15, 0.2) is 42.5 Å². The number of hydrogen-bond donors (Lipinski definition) is 0. The van der Waals surface area contributed by atoms with Gasteiger partial charge >= 0.3 is 6.09 Å². The van der Waals surface area contributed by atoms with Crippen molar-refractivity contribution in [2.75, 3.05) is 0 Å². The highest BCUT2D eigenvalue weighted by Gasteiger charge is 2.33. The van der Waals surface area contributed by atoms with Gasteiger partial charge in [0.2, 0.25) is 0 Å². The summed E-state index contributed by atoms with van der Waals surface area (Å²) in [5.74, 6) is 2.12. The second kappa shape index (κ2) is 9.26. The molecule has 0 radical (unpaired) electrons. The molecule has 0 N–H and O–H groups in total. The van der Waals surface area contributed by atoms with E-state index in [0.717, 1.165) is 42.8 Å². The number of rotatable bonds is 2. The Morgan fingerprint density at radius 2 is 1.69 bits per heavy atom. The van der Waals surface area contributed by atoms with Crippen LogP contribution in [0.3, 0.4) is 0 Å². The van der Waals surface area contributed by atoms with E-state index in [1.807, 2.05) is 51.1 Å². The highest BCUT2D eigenvalue weighted by Crippen LogP contribution is 2.41. The zero-order chi connectivity index (χ0) is 24.7. The predicted molar refractivity (Wildman–Crippen MR) is 132 cm³/mol. The average molecular weight is 497 g/mol. The van der Waals surface area contributed by atoms with Crippen LogP contribution in [0.5, 0.6) is 0 Å². The molecule has 0 atom stereocenters. The van der Waals surface area contributed by atoms with Crippen LogP contribution in [0.2, 0.25) is 5.02 Å². The first-order valence-corrected chi connectivity index (χ1v) is 12.5. The summed E-state index contributed by atoms with van der Waals surface area (Å²) in [5, 5.41) is 9.75. The summed E-state index contributed by atoms with van der Waals surface area (Å²) in [7, 11) is 0. The van der Waals surface area contributed by atoms with Gasteiger partial charge in [-0.1, -0.05) is 23.7 Å². The van der Waals surface area contributed by atoms with E-state index in [1.54, 1.807) is 4.90 Å². The van der Waals surface area contributed by atoms with Gasteiger partial charge in [-0.3, -0.25) is 9.47 Å². The van der Waals surface area contributed by atoms with Gasteiger partial charge in [-0.2, -0.15) is 0 Å². The lowest BCUT2D eigenvalue weighted by Crippen LogP contribution is -2.35. The second-order valence-electron chi connectivity index (χ2n) is 10.5. The fraction of sp³-hybridized carbons (Fsp3) is 0.444. The van der Waals surface area contributed by atoms with E-state index in [0.29, 0.717) is 29.9 Å². The monoisotopic (exact) mass is 496 g/mol. The summed E-state index contributed by atoms with van der Waals surface area (Å²) >= 11 is 6.34. The second-order valence-corrected chi connectivity index (χ2v) is 11.0. The minimum Gasteiger partial charge on any atom is -0.444 e. The maximum Gasteiger partial charge on any atom is 0.411 e. The Morgan fingerprint density at radius 1 is 1.00 bits per heavy atom. The molecule has 1 fully saturated rings. The van der Waals surface area contributed by atoms with Crippen molar-refractivity contribution >= 4 is 17.7 Å². The zero-order valence-electron chi connectivity index (χ0n) is 20.3. The molecule has 0 saturated heterocycles. The van der Waals surface area contributed by atoms with E-state index < -0.39 is 5.60 Å². The third-order valence-corrected chi connectivity index (χ3v) is 7.05. The van der Waals surface area contributed by atoms with E-state index in [4.69, 9.17) is 16.3 Å². The van der Waals surface area contributed by atoms with Crippen molar-refractivity contribution in [1.29, 1.82) is 0 Å². The number of amides is 1. The molecule has 1 amide bonds. The smallest absolute Gasteiger partial charge is 0.411 e. The number of ether oxygens (including phenoxy) is 1. The van der Waals surface area contributed by atoms with Gasteiger partial charge in [0.1, 0.15) is 17.2 Å². The molecule has 0 bridgehead atoms. The number of aromatic nitrogens is 3.